The van der Waals surface area contributed by atoms with Crippen LogP contribution in [0.25, 0.3) is 0 Å². The number of nitrogens with zero attached hydrogens (tertiary/aromatic N) is 1. The van der Waals surface area contributed by atoms with E-state index in [4.69, 9.17) is 0 Å². The highest BCUT2D eigenvalue weighted by Crippen LogP contribution is 2.20. The molecule has 0 radical (unpaired) electrons. The van der Waals surface area contributed by atoms with E-state index in [0.29, 0.717) is 0 Å². The normalized spacial score (nSPS) is 11.5. The summed E-state index contributed by atoms with van der Waals surface area (Å²) in [4.78, 5) is 0. The molecule has 0 fully saturated rings. The van der Waals surface area contributed by atoms with Crippen LogP contribution in [-0.2, 0) is 6.54 Å². The number of benzene rings is 4. The van der Waals surface area contributed by atoms with Crippen LogP contribution in [0, 0.1) is 0 Å². The third-order valence-corrected chi connectivity index (χ3v) is 9.42. The van der Waals surface area contributed by atoms with E-state index in [1.54, 1.807) is 0 Å². The fourth-order valence-electron chi connectivity index (χ4n) is 6.96. The molecule has 4 rings (SSSR count). The van der Waals surface area contributed by atoms with Crippen LogP contribution in [0.4, 0.5) is 0 Å². The molecule has 0 heterocycles. The van der Waals surface area contributed by atoms with Crippen LogP contribution in [0.2, 0.25) is 6.32 Å². The Morgan fingerprint density at radius 1 is 0.419 bits per heavy atom. The van der Waals surface area contributed by atoms with E-state index in [2.05, 4.69) is 149 Å². The Kier molecular flexibility index (Phi) is 15.4. The number of quaternary nitrogens is 1. The summed E-state index contributed by atoms with van der Waals surface area (Å²) in [6.45, 7) is 14.5. The monoisotopic (exact) mass is 575 g/mol. The fourth-order valence-corrected chi connectivity index (χ4v) is 6.96. The molecule has 0 aliphatic rings. The van der Waals surface area contributed by atoms with Crippen molar-refractivity contribution in [1.82, 2.24) is 0 Å². The highest BCUT2D eigenvalue weighted by Gasteiger charge is 2.29. The molecule has 0 atom stereocenters. The number of unbranched alkanes of at least 4 members (excludes halogenated alkanes) is 4. The van der Waals surface area contributed by atoms with E-state index < -0.39 is 6.15 Å². The lowest BCUT2D eigenvalue weighted by molar-refractivity contribution is -0.941. The first-order chi connectivity index (χ1) is 21.1. The molecule has 43 heavy (non-hydrogen) atoms. The summed E-state index contributed by atoms with van der Waals surface area (Å²) in [5.74, 6) is 0. The van der Waals surface area contributed by atoms with Crippen LogP contribution in [0.1, 0.15) is 84.6 Å². The average Bonchev–Trinajstić information content (AvgIpc) is 3.08. The molecule has 0 saturated heterocycles. The van der Waals surface area contributed by atoms with Crippen LogP contribution in [-0.4, -0.2) is 30.3 Å². The zero-order valence-corrected chi connectivity index (χ0v) is 27.8. The van der Waals surface area contributed by atoms with Crippen molar-refractivity contribution in [2.24, 2.45) is 0 Å². The summed E-state index contributed by atoms with van der Waals surface area (Å²) >= 11 is 0. The second-order valence-corrected chi connectivity index (χ2v) is 12.6. The smallest absolute Gasteiger partial charge is 0.104 e. The summed E-state index contributed by atoms with van der Waals surface area (Å²) in [5.41, 5.74) is 5.84. The second kappa shape index (κ2) is 19.2. The SMILES string of the molecule is CCCC[B-](c1ccccc1)(c1ccccc1)c1ccccc1.CCCC[N+](CCCC)(CCCC)Cc1ccccc1. The minimum absolute atomic E-state index is 0.913. The summed E-state index contributed by atoms with van der Waals surface area (Å²) in [6.07, 6.45) is 10.8. The molecule has 1 nitrogen and oxygen atoms in total. The third-order valence-electron chi connectivity index (χ3n) is 9.42. The number of rotatable bonds is 17. The van der Waals surface area contributed by atoms with Gasteiger partial charge in [0, 0.05) is 5.56 Å². The molecule has 230 valence electrons. The van der Waals surface area contributed by atoms with Crippen LogP contribution < -0.4 is 16.4 Å². The van der Waals surface area contributed by atoms with Crippen molar-refractivity contribution in [2.75, 3.05) is 19.6 Å². The van der Waals surface area contributed by atoms with E-state index in [1.165, 1.54) is 110 Å². The Balaban J connectivity index is 0.000000238. The van der Waals surface area contributed by atoms with E-state index in [0.717, 1.165) is 0 Å². The summed E-state index contributed by atoms with van der Waals surface area (Å²) in [5, 5.41) is 0. The molecule has 0 N–H and O–H groups in total. The van der Waals surface area contributed by atoms with Gasteiger partial charge in [0.15, 0.2) is 0 Å². The van der Waals surface area contributed by atoms with Crippen LogP contribution in [0.3, 0.4) is 0 Å². The zero-order chi connectivity index (χ0) is 30.6. The standard InChI is InChI=1S/C22H24B.C19H34N/c1-2-3-19-23(20-13-7-4-8-14-20,21-15-9-5-10-16-21)22-17-11-6-12-18-22;1-4-7-15-20(16-8-5-2,17-9-6-3)18-19-13-11-10-12-14-19/h4-18H,2-3,19H2,1H3;10-14H,4-9,15-18H2,1-3H3/q-1;+1. The molecular weight excluding hydrogens is 517 g/mol. The maximum absolute atomic E-state index is 2.32. The van der Waals surface area contributed by atoms with Gasteiger partial charge in [-0.3, -0.25) is 0 Å². The lowest BCUT2D eigenvalue weighted by Gasteiger charge is -2.43. The molecule has 0 aromatic heterocycles. The van der Waals surface area contributed by atoms with Gasteiger partial charge in [-0.15, -0.1) is 0 Å². The van der Waals surface area contributed by atoms with Gasteiger partial charge in [0.2, 0.25) is 0 Å². The highest BCUT2D eigenvalue weighted by molar-refractivity contribution is 7.11. The van der Waals surface area contributed by atoms with Crippen molar-refractivity contribution < 1.29 is 4.48 Å². The summed E-state index contributed by atoms with van der Waals surface area (Å²) < 4.78 is 1.31. The molecule has 4 aromatic carbocycles. The van der Waals surface area contributed by atoms with Gasteiger partial charge in [0.05, 0.1) is 25.8 Å². The molecule has 0 unspecified atom stereocenters. The molecule has 0 saturated carbocycles. The Hall–Kier alpha value is -3.10. The van der Waals surface area contributed by atoms with Crippen LogP contribution in [0.5, 0.6) is 0 Å². The lowest BCUT2D eigenvalue weighted by Crippen LogP contribution is -2.66. The van der Waals surface area contributed by atoms with Crippen molar-refractivity contribution in [3.05, 3.63) is 127 Å². The van der Waals surface area contributed by atoms with Gasteiger partial charge >= 0.3 is 0 Å². The Bertz CT molecular complexity index is 1110. The lowest BCUT2D eigenvalue weighted by atomic mass is 9.14. The van der Waals surface area contributed by atoms with E-state index in [9.17, 15) is 0 Å². The first kappa shape index (κ1) is 34.4. The topological polar surface area (TPSA) is 0 Å². The molecule has 0 spiro atoms. The highest BCUT2D eigenvalue weighted by atomic mass is 15.3. The third kappa shape index (κ3) is 10.2. The Morgan fingerprint density at radius 3 is 1.07 bits per heavy atom. The van der Waals surface area contributed by atoms with Crippen LogP contribution in [0.15, 0.2) is 121 Å². The molecule has 0 amide bonds. The molecule has 0 aliphatic carbocycles. The molecule has 4 aromatic rings. The van der Waals surface area contributed by atoms with Gasteiger partial charge in [0.1, 0.15) is 6.54 Å². The second-order valence-electron chi connectivity index (χ2n) is 12.6. The molecule has 2 heteroatoms. The Morgan fingerprint density at radius 2 is 0.744 bits per heavy atom. The van der Waals surface area contributed by atoms with Crippen molar-refractivity contribution >= 4 is 22.5 Å². The average molecular weight is 576 g/mol. The Labute approximate surface area is 264 Å². The quantitative estimate of drug-likeness (QED) is 0.0869. The minimum atomic E-state index is -0.913. The molecule has 0 aliphatic heterocycles. The van der Waals surface area contributed by atoms with Crippen LogP contribution >= 0.6 is 0 Å². The predicted molar refractivity (Wildman–Crippen MR) is 193 cm³/mol. The molecule has 0 bridgehead atoms. The van der Waals surface area contributed by atoms with Gasteiger partial charge in [-0.25, -0.2) is 0 Å². The van der Waals surface area contributed by atoms with Gasteiger partial charge in [-0.05, 0) is 19.3 Å². The maximum atomic E-state index is 2.32. The van der Waals surface area contributed by atoms with Crippen molar-refractivity contribution in [1.29, 1.82) is 0 Å². The first-order valence-corrected chi connectivity index (χ1v) is 17.4. The van der Waals surface area contributed by atoms with E-state index >= 15 is 0 Å². The van der Waals surface area contributed by atoms with E-state index in [1.807, 2.05) is 0 Å². The first-order valence-electron chi connectivity index (χ1n) is 17.4. The van der Waals surface area contributed by atoms with Crippen molar-refractivity contribution in [3.63, 3.8) is 0 Å². The number of hydrogen-bond donors (Lipinski definition) is 0. The van der Waals surface area contributed by atoms with Gasteiger partial charge in [-0.2, -0.15) is 22.7 Å². The fraction of sp³-hybridized carbons (Fsp3) is 0.415. The molecular formula is C41H58BN. The maximum Gasteiger partial charge on any atom is 0.104 e. The van der Waals surface area contributed by atoms with E-state index in [-0.39, 0.29) is 0 Å². The predicted octanol–water partition coefficient (Wildman–Crippen LogP) is 9.36. The van der Waals surface area contributed by atoms with Gasteiger partial charge in [-0.1, -0.05) is 181 Å². The number of hydrogen-bond acceptors (Lipinski definition) is 0. The van der Waals surface area contributed by atoms with Crippen molar-refractivity contribution in [2.45, 2.75) is 91.9 Å². The van der Waals surface area contributed by atoms with Crippen molar-refractivity contribution in [3.8, 4) is 0 Å². The zero-order valence-electron chi connectivity index (χ0n) is 27.8. The van der Waals surface area contributed by atoms with Gasteiger partial charge in [0.25, 0.3) is 0 Å². The van der Waals surface area contributed by atoms with Gasteiger partial charge < -0.3 is 4.48 Å². The summed E-state index contributed by atoms with van der Waals surface area (Å²) in [7, 11) is 0. The largest absolute Gasteiger partial charge is 0.320 e. The summed E-state index contributed by atoms with van der Waals surface area (Å²) in [6, 6.07) is 44.3. The minimum Gasteiger partial charge on any atom is -0.320 e.